The van der Waals surface area contributed by atoms with E-state index in [-0.39, 0.29) is 0 Å². The first-order valence-electron chi connectivity index (χ1n) is 5.64. The number of hydrogen-bond donors (Lipinski definition) is 0. The Balaban J connectivity index is 1.87. The van der Waals surface area contributed by atoms with Crippen LogP contribution >= 0.6 is 11.8 Å². The highest BCUT2D eigenvalue weighted by molar-refractivity contribution is 7.98. The molecule has 0 unspecified atom stereocenters. The molecule has 2 aromatic heterocycles. The number of nitrogens with zero attached hydrogens (tertiary/aromatic N) is 4. The molecule has 5 heteroatoms. The first kappa shape index (κ1) is 11.2. The van der Waals surface area contributed by atoms with Gasteiger partial charge in [0, 0.05) is 12.8 Å². The molecular formula is C13H12N4S. The van der Waals surface area contributed by atoms with Crippen LogP contribution in [0.2, 0.25) is 0 Å². The summed E-state index contributed by atoms with van der Waals surface area (Å²) in [7, 11) is 1.89. The van der Waals surface area contributed by atoms with Crippen LogP contribution in [0.3, 0.4) is 0 Å². The Hall–Kier alpha value is -1.88. The van der Waals surface area contributed by atoms with Gasteiger partial charge >= 0.3 is 0 Å². The lowest BCUT2D eigenvalue weighted by atomic mass is 10.2. The fourth-order valence-corrected chi connectivity index (χ4v) is 2.70. The summed E-state index contributed by atoms with van der Waals surface area (Å²) in [5.41, 5.74) is 2.17. The van der Waals surface area contributed by atoms with Crippen molar-refractivity contribution in [3.8, 4) is 0 Å². The van der Waals surface area contributed by atoms with Crippen LogP contribution in [0.1, 0.15) is 5.56 Å². The molecule has 0 spiro atoms. The molecule has 0 saturated carbocycles. The number of aryl methyl sites for hydroxylation is 1. The SMILES string of the molecule is Cn1ncc2c(SCc3ccccc3)ncnc21. The largest absolute Gasteiger partial charge is 0.250 e. The number of fused-ring (bicyclic) bond motifs is 1. The van der Waals surface area contributed by atoms with Gasteiger partial charge in [0.05, 0.1) is 11.6 Å². The van der Waals surface area contributed by atoms with Gasteiger partial charge in [0.25, 0.3) is 0 Å². The van der Waals surface area contributed by atoms with Gasteiger partial charge in [0.2, 0.25) is 0 Å². The van der Waals surface area contributed by atoms with Gasteiger partial charge in [-0.15, -0.1) is 11.8 Å². The number of rotatable bonds is 3. The molecule has 2 heterocycles. The van der Waals surface area contributed by atoms with Gasteiger partial charge in [0.1, 0.15) is 11.4 Å². The normalized spacial score (nSPS) is 10.9. The number of hydrogen-bond acceptors (Lipinski definition) is 4. The molecule has 0 atom stereocenters. The highest BCUT2D eigenvalue weighted by Crippen LogP contribution is 2.26. The van der Waals surface area contributed by atoms with E-state index in [2.05, 4.69) is 39.3 Å². The number of aromatic nitrogens is 4. The second-order valence-electron chi connectivity index (χ2n) is 3.96. The van der Waals surface area contributed by atoms with Gasteiger partial charge in [-0.2, -0.15) is 5.10 Å². The van der Waals surface area contributed by atoms with Crippen molar-refractivity contribution in [2.75, 3.05) is 0 Å². The minimum Gasteiger partial charge on any atom is -0.250 e. The first-order valence-corrected chi connectivity index (χ1v) is 6.62. The maximum Gasteiger partial charge on any atom is 0.162 e. The van der Waals surface area contributed by atoms with Crippen molar-refractivity contribution >= 4 is 22.8 Å². The van der Waals surface area contributed by atoms with Crippen LogP contribution in [0.5, 0.6) is 0 Å². The zero-order valence-electron chi connectivity index (χ0n) is 9.95. The van der Waals surface area contributed by atoms with E-state index >= 15 is 0 Å². The van der Waals surface area contributed by atoms with Gasteiger partial charge < -0.3 is 0 Å². The predicted molar refractivity (Wildman–Crippen MR) is 72.3 cm³/mol. The number of benzene rings is 1. The van der Waals surface area contributed by atoms with Crippen LogP contribution in [-0.4, -0.2) is 19.7 Å². The molecular weight excluding hydrogens is 244 g/mol. The van der Waals surface area contributed by atoms with Crippen LogP contribution in [0, 0.1) is 0 Å². The summed E-state index contributed by atoms with van der Waals surface area (Å²) in [6.07, 6.45) is 3.42. The third-order valence-corrected chi connectivity index (χ3v) is 3.79. The summed E-state index contributed by atoms with van der Waals surface area (Å²) in [6.45, 7) is 0. The minimum atomic E-state index is 0.876. The van der Waals surface area contributed by atoms with Crippen molar-refractivity contribution in [3.05, 3.63) is 48.4 Å². The Morgan fingerprint density at radius 3 is 2.83 bits per heavy atom. The van der Waals surface area contributed by atoms with Crippen molar-refractivity contribution in [2.45, 2.75) is 10.8 Å². The lowest BCUT2D eigenvalue weighted by Crippen LogP contribution is -1.92. The van der Waals surface area contributed by atoms with Crippen LogP contribution in [0.4, 0.5) is 0 Å². The smallest absolute Gasteiger partial charge is 0.162 e. The lowest BCUT2D eigenvalue weighted by Gasteiger charge is -2.02. The summed E-state index contributed by atoms with van der Waals surface area (Å²) in [5, 5.41) is 6.21. The molecule has 0 radical (unpaired) electrons. The molecule has 3 aromatic rings. The van der Waals surface area contributed by atoms with E-state index in [0.29, 0.717) is 0 Å². The van der Waals surface area contributed by atoms with E-state index in [1.54, 1.807) is 22.8 Å². The average molecular weight is 256 g/mol. The molecule has 1 aromatic carbocycles. The van der Waals surface area contributed by atoms with E-state index in [1.165, 1.54) is 5.56 Å². The Labute approximate surface area is 109 Å². The molecule has 90 valence electrons. The molecule has 18 heavy (non-hydrogen) atoms. The topological polar surface area (TPSA) is 43.6 Å². The van der Waals surface area contributed by atoms with Crippen LogP contribution in [0.25, 0.3) is 11.0 Å². The second-order valence-corrected chi connectivity index (χ2v) is 4.92. The molecule has 0 bridgehead atoms. The van der Waals surface area contributed by atoms with Crippen LogP contribution in [0.15, 0.2) is 47.9 Å². The molecule has 0 saturated heterocycles. The Kier molecular flexibility index (Phi) is 2.98. The van der Waals surface area contributed by atoms with Crippen molar-refractivity contribution in [2.24, 2.45) is 7.05 Å². The summed E-state index contributed by atoms with van der Waals surface area (Å²) in [5.74, 6) is 0.905. The van der Waals surface area contributed by atoms with Gasteiger partial charge in [-0.05, 0) is 5.56 Å². The van der Waals surface area contributed by atoms with E-state index in [9.17, 15) is 0 Å². The van der Waals surface area contributed by atoms with Gasteiger partial charge in [-0.3, -0.25) is 4.68 Å². The third-order valence-electron chi connectivity index (χ3n) is 2.71. The number of thioether (sulfide) groups is 1. The highest BCUT2D eigenvalue weighted by atomic mass is 32.2. The van der Waals surface area contributed by atoms with Crippen molar-refractivity contribution in [1.82, 2.24) is 19.7 Å². The zero-order chi connectivity index (χ0) is 12.4. The Morgan fingerprint density at radius 1 is 1.17 bits per heavy atom. The molecule has 0 aliphatic rings. The summed E-state index contributed by atoms with van der Waals surface area (Å²) < 4.78 is 1.77. The maximum absolute atomic E-state index is 4.33. The monoisotopic (exact) mass is 256 g/mol. The van der Waals surface area contributed by atoms with E-state index in [4.69, 9.17) is 0 Å². The van der Waals surface area contributed by atoms with E-state index < -0.39 is 0 Å². The van der Waals surface area contributed by atoms with E-state index in [1.807, 2.05) is 19.3 Å². The average Bonchev–Trinajstić information content (AvgIpc) is 2.80. The lowest BCUT2D eigenvalue weighted by molar-refractivity contribution is 0.784. The predicted octanol–water partition coefficient (Wildman–Crippen LogP) is 2.66. The van der Waals surface area contributed by atoms with Crippen LogP contribution in [-0.2, 0) is 12.8 Å². The van der Waals surface area contributed by atoms with Crippen molar-refractivity contribution in [3.63, 3.8) is 0 Å². The van der Waals surface area contributed by atoms with Gasteiger partial charge in [-0.25, -0.2) is 9.97 Å². The summed E-state index contributed by atoms with van der Waals surface area (Å²) >= 11 is 1.71. The molecule has 3 rings (SSSR count). The fourth-order valence-electron chi connectivity index (χ4n) is 1.78. The first-order chi connectivity index (χ1) is 8.84. The van der Waals surface area contributed by atoms with Gasteiger partial charge in [0.15, 0.2) is 5.65 Å². The standard InChI is InChI=1S/C13H12N4S/c1-17-12-11(7-16-17)13(15-9-14-12)18-8-10-5-3-2-4-6-10/h2-7,9H,8H2,1H3. The molecule has 0 aliphatic carbocycles. The Morgan fingerprint density at radius 2 is 2.00 bits per heavy atom. The van der Waals surface area contributed by atoms with E-state index in [0.717, 1.165) is 21.8 Å². The maximum atomic E-state index is 4.33. The summed E-state index contributed by atoms with van der Waals surface area (Å²) in [4.78, 5) is 8.57. The Bertz CT molecular complexity index is 663. The molecule has 0 N–H and O–H groups in total. The van der Waals surface area contributed by atoms with Crippen LogP contribution < -0.4 is 0 Å². The second kappa shape index (κ2) is 4.78. The molecule has 0 fully saturated rings. The minimum absolute atomic E-state index is 0.876. The molecule has 4 nitrogen and oxygen atoms in total. The van der Waals surface area contributed by atoms with Gasteiger partial charge in [-0.1, -0.05) is 30.3 Å². The molecule has 0 aliphatic heterocycles. The quantitative estimate of drug-likeness (QED) is 0.534. The zero-order valence-corrected chi connectivity index (χ0v) is 10.8. The fraction of sp³-hybridized carbons (Fsp3) is 0.154. The third kappa shape index (κ3) is 2.09. The highest BCUT2D eigenvalue weighted by Gasteiger charge is 2.08. The van der Waals surface area contributed by atoms with Crippen molar-refractivity contribution in [1.29, 1.82) is 0 Å². The molecule has 0 amide bonds. The summed E-state index contributed by atoms with van der Waals surface area (Å²) in [6, 6.07) is 10.4. The van der Waals surface area contributed by atoms with Crippen molar-refractivity contribution < 1.29 is 0 Å².